The van der Waals surface area contributed by atoms with E-state index < -0.39 is 0 Å². The zero-order chi connectivity index (χ0) is 12.0. The molecular formula is C14H26N2. The first kappa shape index (κ1) is 13.3. The molecule has 92 valence electrons. The van der Waals surface area contributed by atoms with Crippen LogP contribution in [0.1, 0.15) is 46.1 Å². The van der Waals surface area contributed by atoms with Gasteiger partial charge in [-0.1, -0.05) is 20.8 Å². The maximum Gasteiger partial charge on any atom is 0.0223 e. The van der Waals surface area contributed by atoms with Crippen molar-refractivity contribution >= 4 is 0 Å². The monoisotopic (exact) mass is 222 g/mol. The van der Waals surface area contributed by atoms with Gasteiger partial charge < -0.3 is 9.88 Å². The molecule has 0 aliphatic heterocycles. The summed E-state index contributed by atoms with van der Waals surface area (Å²) >= 11 is 0. The van der Waals surface area contributed by atoms with Gasteiger partial charge in [-0.05, 0) is 37.3 Å². The predicted molar refractivity (Wildman–Crippen MR) is 70.5 cm³/mol. The first-order valence-electron chi connectivity index (χ1n) is 6.49. The van der Waals surface area contributed by atoms with Crippen LogP contribution in [-0.4, -0.2) is 10.6 Å². The first-order valence-corrected chi connectivity index (χ1v) is 6.49. The summed E-state index contributed by atoms with van der Waals surface area (Å²) in [7, 11) is 0. The van der Waals surface area contributed by atoms with Crippen molar-refractivity contribution in [3.05, 3.63) is 24.0 Å². The Bertz CT molecular complexity index is 289. The Morgan fingerprint density at radius 3 is 2.69 bits per heavy atom. The lowest BCUT2D eigenvalue weighted by atomic mass is 10.1. The minimum atomic E-state index is 0.606. The molecule has 1 aromatic rings. The summed E-state index contributed by atoms with van der Waals surface area (Å²) in [6.07, 6.45) is 6.87. The van der Waals surface area contributed by atoms with E-state index in [4.69, 9.17) is 0 Å². The van der Waals surface area contributed by atoms with Gasteiger partial charge in [-0.2, -0.15) is 0 Å². The maximum absolute atomic E-state index is 3.57. The van der Waals surface area contributed by atoms with Crippen LogP contribution in [-0.2, 0) is 13.1 Å². The van der Waals surface area contributed by atoms with Crippen LogP contribution in [0.2, 0.25) is 0 Å². The van der Waals surface area contributed by atoms with E-state index >= 15 is 0 Å². The van der Waals surface area contributed by atoms with Crippen molar-refractivity contribution in [1.29, 1.82) is 0 Å². The SMILES string of the molecule is CCCn1ccc(CNC(C)CC(C)C)c1. The van der Waals surface area contributed by atoms with Crippen LogP contribution in [0.4, 0.5) is 0 Å². The van der Waals surface area contributed by atoms with Gasteiger partial charge in [-0.3, -0.25) is 0 Å². The third-order valence-electron chi connectivity index (χ3n) is 2.77. The molecular weight excluding hydrogens is 196 g/mol. The molecule has 1 atom stereocenters. The molecule has 1 heterocycles. The van der Waals surface area contributed by atoms with E-state index in [2.05, 4.69) is 56.0 Å². The topological polar surface area (TPSA) is 17.0 Å². The highest BCUT2D eigenvalue weighted by Gasteiger charge is 2.04. The molecule has 0 bridgehead atoms. The fraction of sp³-hybridized carbons (Fsp3) is 0.714. The summed E-state index contributed by atoms with van der Waals surface area (Å²) in [5.74, 6) is 0.771. The molecule has 2 heteroatoms. The standard InChI is InChI=1S/C14H26N2/c1-5-7-16-8-6-14(11-16)10-15-13(4)9-12(2)3/h6,8,11-13,15H,5,7,9-10H2,1-4H3. The second-order valence-corrected chi connectivity index (χ2v) is 5.17. The van der Waals surface area contributed by atoms with Gasteiger partial charge in [0.25, 0.3) is 0 Å². The fourth-order valence-corrected chi connectivity index (χ4v) is 2.07. The van der Waals surface area contributed by atoms with Crippen LogP contribution in [0, 0.1) is 5.92 Å². The highest BCUT2D eigenvalue weighted by atomic mass is 14.9. The Labute approximate surface area is 100 Å². The van der Waals surface area contributed by atoms with Gasteiger partial charge in [0.1, 0.15) is 0 Å². The molecule has 2 nitrogen and oxygen atoms in total. The van der Waals surface area contributed by atoms with Gasteiger partial charge in [-0.15, -0.1) is 0 Å². The van der Waals surface area contributed by atoms with Crippen molar-refractivity contribution in [1.82, 2.24) is 9.88 Å². The quantitative estimate of drug-likeness (QED) is 0.748. The molecule has 0 radical (unpaired) electrons. The predicted octanol–water partition coefficient (Wildman–Crippen LogP) is 3.42. The van der Waals surface area contributed by atoms with Gasteiger partial charge in [0.2, 0.25) is 0 Å². The van der Waals surface area contributed by atoms with E-state index in [0.29, 0.717) is 6.04 Å². The normalized spacial score (nSPS) is 13.3. The number of aromatic nitrogens is 1. The van der Waals surface area contributed by atoms with E-state index in [1.54, 1.807) is 0 Å². The van der Waals surface area contributed by atoms with Crippen LogP contribution in [0.5, 0.6) is 0 Å². The van der Waals surface area contributed by atoms with Crippen LogP contribution in [0.15, 0.2) is 18.5 Å². The molecule has 1 aromatic heterocycles. The van der Waals surface area contributed by atoms with Crippen molar-refractivity contribution in [2.75, 3.05) is 0 Å². The molecule has 0 amide bonds. The minimum absolute atomic E-state index is 0.606. The lowest BCUT2D eigenvalue weighted by Gasteiger charge is -2.15. The molecule has 0 aliphatic rings. The summed E-state index contributed by atoms with van der Waals surface area (Å²) in [6.45, 7) is 11.1. The summed E-state index contributed by atoms with van der Waals surface area (Å²) in [5, 5.41) is 3.57. The number of nitrogens with one attached hydrogen (secondary N) is 1. The van der Waals surface area contributed by atoms with Crippen molar-refractivity contribution in [2.24, 2.45) is 5.92 Å². The third-order valence-corrected chi connectivity index (χ3v) is 2.77. The van der Waals surface area contributed by atoms with Gasteiger partial charge >= 0.3 is 0 Å². The van der Waals surface area contributed by atoms with Gasteiger partial charge in [0.05, 0.1) is 0 Å². The molecule has 1 unspecified atom stereocenters. The highest BCUT2D eigenvalue weighted by molar-refractivity contribution is 5.09. The molecule has 0 fully saturated rings. The fourth-order valence-electron chi connectivity index (χ4n) is 2.07. The minimum Gasteiger partial charge on any atom is -0.354 e. The summed E-state index contributed by atoms with van der Waals surface area (Å²) < 4.78 is 2.27. The zero-order valence-corrected chi connectivity index (χ0v) is 11.2. The molecule has 1 N–H and O–H groups in total. The van der Waals surface area contributed by atoms with Crippen LogP contribution in [0.3, 0.4) is 0 Å². The average Bonchev–Trinajstić information content (AvgIpc) is 2.62. The third kappa shape index (κ3) is 4.84. The molecule has 1 rings (SSSR count). The van der Waals surface area contributed by atoms with Crippen molar-refractivity contribution in [3.63, 3.8) is 0 Å². The van der Waals surface area contributed by atoms with E-state index in [9.17, 15) is 0 Å². The van der Waals surface area contributed by atoms with E-state index in [1.165, 1.54) is 18.4 Å². The Morgan fingerprint density at radius 2 is 2.06 bits per heavy atom. The summed E-state index contributed by atoms with van der Waals surface area (Å²) in [4.78, 5) is 0. The summed E-state index contributed by atoms with van der Waals surface area (Å²) in [5.41, 5.74) is 1.39. The maximum atomic E-state index is 3.57. The Hall–Kier alpha value is -0.760. The van der Waals surface area contributed by atoms with E-state index in [1.807, 2.05) is 0 Å². The van der Waals surface area contributed by atoms with Crippen LogP contribution < -0.4 is 5.32 Å². The number of rotatable bonds is 7. The average molecular weight is 222 g/mol. The van der Waals surface area contributed by atoms with Crippen LogP contribution >= 0.6 is 0 Å². The smallest absolute Gasteiger partial charge is 0.0223 e. The molecule has 0 aromatic carbocycles. The van der Waals surface area contributed by atoms with E-state index in [-0.39, 0.29) is 0 Å². The number of hydrogen-bond acceptors (Lipinski definition) is 1. The van der Waals surface area contributed by atoms with E-state index in [0.717, 1.165) is 19.0 Å². The number of aryl methyl sites for hydroxylation is 1. The molecule has 0 saturated carbocycles. The summed E-state index contributed by atoms with van der Waals surface area (Å²) in [6, 6.07) is 2.82. The van der Waals surface area contributed by atoms with Gasteiger partial charge in [0.15, 0.2) is 0 Å². The number of hydrogen-bond donors (Lipinski definition) is 1. The van der Waals surface area contributed by atoms with Gasteiger partial charge in [-0.25, -0.2) is 0 Å². The van der Waals surface area contributed by atoms with Gasteiger partial charge in [0, 0.05) is 31.5 Å². The molecule has 0 saturated heterocycles. The zero-order valence-electron chi connectivity index (χ0n) is 11.2. The lowest BCUT2D eigenvalue weighted by molar-refractivity contribution is 0.441. The van der Waals surface area contributed by atoms with Crippen molar-refractivity contribution < 1.29 is 0 Å². The molecule has 0 aliphatic carbocycles. The second kappa shape index (κ2) is 6.74. The van der Waals surface area contributed by atoms with Crippen molar-refractivity contribution in [3.8, 4) is 0 Å². The highest BCUT2D eigenvalue weighted by Crippen LogP contribution is 2.06. The van der Waals surface area contributed by atoms with Crippen molar-refractivity contribution in [2.45, 2.75) is 59.7 Å². The van der Waals surface area contributed by atoms with Crippen LogP contribution in [0.25, 0.3) is 0 Å². The number of nitrogens with zero attached hydrogens (tertiary/aromatic N) is 1. The lowest BCUT2D eigenvalue weighted by Crippen LogP contribution is -2.26. The largest absolute Gasteiger partial charge is 0.354 e. The first-order chi connectivity index (χ1) is 7.61. The second-order valence-electron chi connectivity index (χ2n) is 5.17. The molecule has 0 spiro atoms. The Morgan fingerprint density at radius 1 is 1.31 bits per heavy atom. The Balaban J connectivity index is 2.30. The Kier molecular flexibility index (Phi) is 5.61. The molecule has 16 heavy (non-hydrogen) atoms.